The monoisotopic (exact) mass is 399 g/mol. The smallest absolute Gasteiger partial charge is 0.348 e. The van der Waals surface area contributed by atoms with Crippen LogP contribution in [0.25, 0.3) is 6.08 Å². The summed E-state index contributed by atoms with van der Waals surface area (Å²) >= 11 is 0.978. The maximum absolute atomic E-state index is 12.2. The summed E-state index contributed by atoms with van der Waals surface area (Å²) in [7, 11) is 0. The average molecular weight is 399 g/mol. The van der Waals surface area contributed by atoms with Crippen LogP contribution in [0, 0.1) is 28.4 Å². The van der Waals surface area contributed by atoms with Crippen molar-refractivity contribution in [3.8, 4) is 6.07 Å². The van der Waals surface area contributed by atoms with Crippen LogP contribution in [0.3, 0.4) is 0 Å². The number of ether oxygens (including phenoxy) is 1. The van der Waals surface area contributed by atoms with Crippen molar-refractivity contribution < 1.29 is 19.2 Å². The highest BCUT2D eigenvalue weighted by molar-refractivity contribution is 7.18. The van der Waals surface area contributed by atoms with Gasteiger partial charge >= 0.3 is 5.97 Å². The second-order valence-electron chi connectivity index (χ2n) is 6.00. The van der Waals surface area contributed by atoms with E-state index in [0.717, 1.165) is 11.3 Å². The fourth-order valence-electron chi connectivity index (χ4n) is 2.23. The number of nitrogens with zero attached hydrogens (tertiary/aromatic N) is 2. The zero-order valence-corrected chi connectivity index (χ0v) is 16.2. The fraction of sp³-hybridized carbons (Fsp3) is 0.211. The van der Waals surface area contributed by atoms with Gasteiger partial charge in [-0.25, -0.2) is 4.79 Å². The Morgan fingerprint density at radius 1 is 1.32 bits per heavy atom. The molecule has 0 aliphatic heterocycles. The Morgan fingerprint density at radius 3 is 2.50 bits per heavy atom. The molecular formula is C19H17N3O5S. The van der Waals surface area contributed by atoms with E-state index in [9.17, 15) is 25.0 Å². The largest absolute Gasteiger partial charge is 0.459 e. The van der Waals surface area contributed by atoms with Gasteiger partial charge < -0.3 is 10.1 Å². The maximum Gasteiger partial charge on any atom is 0.348 e. The number of hydrogen-bond acceptors (Lipinski definition) is 7. The quantitative estimate of drug-likeness (QED) is 0.338. The normalized spacial score (nSPS) is 10.7. The van der Waals surface area contributed by atoms with Crippen molar-refractivity contribution in [1.29, 1.82) is 5.26 Å². The molecule has 1 aromatic carbocycles. The second kappa shape index (κ2) is 8.92. The van der Waals surface area contributed by atoms with Crippen LogP contribution in [0.1, 0.15) is 40.2 Å². The van der Waals surface area contributed by atoms with E-state index in [1.54, 1.807) is 20.8 Å². The van der Waals surface area contributed by atoms with Gasteiger partial charge in [0.15, 0.2) is 0 Å². The van der Waals surface area contributed by atoms with Crippen LogP contribution in [0.15, 0.2) is 30.3 Å². The topological polar surface area (TPSA) is 122 Å². The van der Waals surface area contributed by atoms with Crippen LogP contribution in [0.4, 0.5) is 10.7 Å². The summed E-state index contributed by atoms with van der Waals surface area (Å²) < 4.78 is 5.15. The van der Waals surface area contributed by atoms with Gasteiger partial charge in [0.05, 0.1) is 16.6 Å². The number of hydrogen-bond donors (Lipinski definition) is 1. The number of nitro groups is 1. The Balaban J connectivity index is 2.16. The summed E-state index contributed by atoms with van der Waals surface area (Å²) in [5.41, 5.74) is 1.21. The molecule has 0 atom stereocenters. The lowest BCUT2D eigenvalue weighted by atomic mass is 10.1. The minimum absolute atomic E-state index is 0.0462. The molecule has 8 nitrogen and oxygen atoms in total. The van der Waals surface area contributed by atoms with Gasteiger partial charge in [-0.2, -0.15) is 5.26 Å². The number of nitro benzene ring substituents is 1. The molecular weight excluding hydrogens is 382 g/mol. The van der Waals surface area contributed by atoms with Crippen molar-refractivity contribution >= 4 is 40.0 Å². The Labute approximate surface area is 165 Å². The van der Waals surface area contributed by atoms with Gasteiger partial charge in [0, 0.05) is 18.2 Å². The van der Waals surface area contributed by atoms with Crippen LogP contribution in [0.5, 0.6) is 0 Å². The van der Waals surface area contributed by atoms with Gasteiger partial charge in [-0.1, -0.05) is 0 Å². The predicted octanol–water partition coefficient (Wildman–Crippen LogP) is 4.05. The Hall–Kier alpha value is -3.51. The van der Waals surface area contributed by atoms with E-state index < -0.39 is 16.8 Å². The summed E-state index contributed by atoms with van der Waals surface area (Å²) in [6.45, 7) is 5.06. The van der Waals surface area contributed by atoms with Gasteiger partial charge in [-0.05, 0) is 50.1 Å². The molecule has 2 aromatic rings. The van der Waals surface area contributed by atoms with Crippen molar-refractivity contribution in [1.82, 2.24) is 0 Å². The lowest BCUT2D eigenvalue weighted by Crippen LogP contribution is -2.11. The van der Waals surface area contributed by atoms with Crippen LogP contribution >= 0.6 is 11.3 Å². The zero-order valence-electron chi connectivity index (χ0n) is 15.4. The lowest BCUT2D eigenvalue weighted by Gasteiger charge is -2.06. The third kappa shape index (κ3) is 5.02. The molecule has 0 aliphatic carbocycles. The molecule has 0 aliphatic rings. The van der Waals surface area contributed by atoms with Crippen molar-refractivity contribution in [2.24, 2.45) is 0 Å². The van der Waals surface area contributed by atoms with Gasteiger partial charge in [-0.3, -0.25) is 14.9 Å². The van der Waals surface area contributed by atoms with Gasteiger partial charge in [-0.15, -0.1) is 11.3 Å². The van der Waals surface area contributed by atoms with Gasteiger partial charge in [0.1, 0.15) is 15.9 Å². The minimum Gasteiger partial charge on any atom is -0.459 e. The number of nitrogens with one attached hydrogen (secondary N) is 1. The molecule has 2 rings (SSSR count). The Morgan fingerprint density at radius 2 is 1.96 bits per heavy atom. The molecule has 0 fully saturated rings. The third-order valence-electron chi connectivity index (χ3n) is 3.55. The van der Waals surface area contributed by atoms with E-state index in [-0.39, 0.29) is 27.2 Å². The average Bonchev–Trinajstić information content (AvgIpc) is 2.95. The van der Waals surface area contributed by atoms with E-state index >= 15 is 0 Å². The number of nitriles is 1. The van der Waals surface area contributed by atoms with Crippen molar-refractivity contribution in [2.75, 3.05) is 5.32 Å². The number of anilines is 1. The van der Waals surface area contributed by atoms with E-state index in [1.165, 1.54) is 36.4 Å². The summed E-state index contributed by atoms with van der Waals surface area (Å²) in [5.74, 6) is -1.05. The number of carbonyl (C=O) groups excluding carboxylic acids is 2. The highest BCUT2D eigenvalue weighted by Crippen LogP contribution is 2.33. The van der Waals surface area contributed by atoms with Crippen LogP contribution in [-0.4, -0.2) is 22.9 Å². The minimum atomic E-state index is -0.545. The standard InChI is InChI=1S/C19H17N3O5S/c1-11(2)27-19(24)17-12(3)15(10-20)18(28-17)21-16(23)9-6-13-4-7-14(8-5-13)22(25)26/h4-9,11H,1-3H3,(H,21,23). The maximum atomic E-state index is 12.2. The number of rotatable bonds is 6. The van der Waals surface area contributed by atoms with E-state index in [4.69, 9.17) is 4.74 Å². The molecule has 0 saturated heterocycles. The molecule has 0 bridgehead atoms. The number of benzene rings is 1. The molecule has 0 spiro atoms. The third-order valence-corrected chi connectivity index (χ3v) is 4.74. The highest BCUT2D eigenvalue weighted by atomic mass is 32.1. The van der Waals surface area contributed by atoms with E-state index in [1.807, 2.05) is 6.07 Å². The molecule has 9 heteroatoms. The predicted molar refractivity (Wildman–Crippen MR) is 105 cm³/mol. The number of carbonyl (C=O) groups is 2. The number of amides is 1. The second-order valence-corrected chi connectivity index (χ2v) is 7.02. The molecule has 0 saturated carbocycles. The van der Waals surface area contributed by atoms with Crippen LogP contribution in [-0.2, 0) is 9.53 Å². The first-order valence-electron chi connectivity index (χ1n) is 8.21. The van der Waals surface area contributed by atoms with Crippen molar-refractivity contribution in [3.05, 3.63) is 62.0 Å². The molecule has 144 valence electrons. The Kier molecular flexibility index (Phi) is 6.63. The van der Waals surface area contributed by atoms with Gasteiger partial charge in [0.2, 0.25) is 5.91 Å². The van der Waals surface area contributed by atoms with Gasteiger partial charge in [0.25, 0.3) is 5.69 Å². The number of thiophene rings is 1. The zero-order chi connectivity index (χ0) is 20.8. The summed E-state index contributed by atoms with van der Waals surface area (Å²) in [4.78, 5) is 34.7. The molecule has 0 radical (unpaired) electrons. The first kappa shape index (κ1) is 20.8. The van der Waals surface area contributed by atoms with E-state index in [2.05, 4.69) is 5.32 Å². The Bertz CT molecular complexity index is 984. The SMILES string of the molecule is Cc1c(C(=O)OC(C)C)sc(NC(=O)C=Cc2ccc([N+](=O)[O-])cc2)c1C#N. The molecule has 1 heterocycles. The summed E-state index contributed by atoms with van der Waals surface area (Å²) in [6, 6.07) is 7.68. The molecule has 1 N–H and O–H groups in total. The van der Waals surface area contributed by atoms with Crippen LogP contribution < -0.4 is 5.32 Å². The fourth-order valence-corrected chi connectivity index (χ4v) is 3.27. The number of esters is 1. The van der Waals surface area contributed by atoms with Crippen molar-refractivity contribution in [2.45, 2.75) is 26.9 Å². The molecule has 0 unspecified atom stereocenters. The molecule has 1 aromatic heterocycles. The van der Waals surface area contributed by atoms with Crippen molar-refractivity contribution in [3.63, 3.8) is 0 Å². The molecule has 1 amide bonds. The number of non-ortho nitro benzene ring substituents is 1. The molecule has 28 heavy (non-hydrogen) atoms. The van der Waals surface area contributed by atoms with E-state index in [0.29, 0.717) is 11.1 Å². The lowest BCUT2D eigenvalue weighted by molar-refractivity contribution is -0.384. The highest BCUT2D eigenvalue weighted by Gasteiger charge is 2.22. The summed E-state index contributed by atoms with van der Waals surface area (Å²) in [6.07, 6.45) is 2.42. The first-order valence-corrected chi connectivity index (χ1v) is 9.02. The first-order chi connectivity index (χ1) is 13.2. The van der Waals surface area contributed by atoms with Crippen LogP contribution in [0.2, 0.25) is 0 Å². The summed E-state index contributed by atoms with van der Waals surface area (Å²) in [5, 5.41) is 22.8.